The number of rotatable bonds is 6. The van der Waals surface area contributed by atoms with Crippen LogP contribution in [-0.2, 0) is 13.0 Å². The van der Waals surface area contributed by atoms with Gasteiger partial charge in [-0.1, -0.05) is 24.3 Å². The van der Waals surface area contributed by atoms with E-state index in [0.717, 1.165) is 31.2 Å². The molecule has 0 bridgehead atoms. The minimum Gasteiger partial charge on any atom is -0.314 e. The molecule has 0 atom stereocenters. The van der Waals surface area contributed by atoms with Crippen LogP contribution < -0.4 is 5.32 Å². The summed E-state index contributed by atoms with van der Waals surface area (Å²) in [5.74, 6) is 0. The van der Waals surface area contributed by atoms with Crippen molar-refractivity contribution in [2.75, 3.05) is 6.54 Å². The van der Waals surface area contributed by atoms with Crippen LogP contribution in [-0.4, -0.2) is 22.4 Å². The maximum Gasteiger partial charge on any atom is 0.0662 e. The fourth-order valence-corrected chi connectivity index (χ4v) is 2.63. The maximum absolute atomic E-state index is 4.61. The average molecular weight is 283 g/mol. The van der Waals surface area contributed by atoms with Crippen LogP contribution in [0.25, 0.3) is 0 Å². The fourth-order valence-electron chi connectivity index (χ4n) is 2.63. The summed E-state index contributed by atoms with van der Waals surface area (Å²) in [7, 11) is 0. The summed E-state index contributed by atoms with van der Waals surface area (Å²) < 4.78 is 2.11. The number of aryl methyl sites for hydroxylation is 1. The summed E-state index contributed by atoms with van der Waals surface area (Å²) in [6.45, 7) is 8.33. The molecule has 0 spiro atoms. The van der Waals surface area contributed by atoms with Gasteiger partial charge in [0.25, 0.3) is 0 Å². The first-order valence-corrected chi connectivity index (χ1v) is 7.95. The number of aromatic nitrogens is 2. The van der Waals surface area contributed by atoms with Crippen LogP contribution in [0.4, 0.5) is 0 Å². The van der Waals surface area contributed by atoms with Gasteiger partial charge in [-0.3, -0.25) is 4.68 Å². The van der Waals surface area contributed by atoms with E-state index >= 15 is 0 Å². The van der Waals surface area contributed by atoms with E-state index in [1.54, 1.807) is 0 Å². The van der Waals surface area contributed by atoms with Gasteiger partial charge >= 0.3 is 0 Å². The molecule has 0 radical (unpaired) electrons. The lowest BCUT2D eigenvalue weighted by atomic mass is 10.1. The molecule has 3 heteroatoms. The maximum atomic E-state index is 4.61. The molecule has 3 rings (SSSR count). The molecule has 0 unspecified atom stereocenters. The summed E-state index contributed by atoms with van der Waals surface area (Å²) in [6, 6.07) is 9.78. The van der Waals surface area contributed by atoms with E-state index in [0.29, 0.717) is 0 Å². The molecule has 0 saturated heterocycles. The molecule has 3 nitrogen and oxygen atoms in total. The third kappa shape index (κ3) is 3.53. The molecular formula is C18H25N3. The highest BCUT2D eigenvalue weighted by Crippen LogP contribution is 2.18. The van der Waals surface area contributed by atoms with Crippen LogP contribution in [0.15, 0.2) is 24.3 Å². The Hall–Kier alpha value is -1.61. The van der Waals surface area contributed by atoms with Crippen molar-refractivity contribution in [1.29, 1.82) is 0 Å². The van der Waals surface area contributed by atoms with E-state index in [9.17, 15) is 0 Å². The summed E-state index contributed by atoms with van der Waals surface area (Å²) >= 11 is 0. The normalized spacial score (nSPS) is 14.6. The quantitative estimate of drug-likeness (QED) is 0.882. The molecular weight excluding hydrogens is 258 g/mol. The van der Waals surface area contributed by atoms with Crippen LogP contribution in [0.2, 0.25) is 0 Å². The highest BCUT2D eigenvalue weighted by molar-refractivity contribution is 5.26. The number of nitrogens with one attached hydrogen (secondary N) is 1. The molecule has 1 heterocycles. The van der Waals surface area contributed by atoms with Gasteiger partial charge in [-0.15, -0.1) is 0 Å². The Morgan fingerprint density at radius 1 is 1.10 bits per heavy atom. The van der Waals surface area contributed by atoms with Gasteiger partial charge in [-0.25, -0.2) is 0 Å². The monoisotopic (exact) mass is 283 g/mol. The molecule has 0 aliphatic heterocycles. The zero-order valence-corrected chi connectivity index (χ0v) is 13.3. The summed E-state index contributed by atoms with van der Waals surface area (Å²) in [4.78, 5) is 0. The number of hydrogen-bond acceptors (Lipinski definition) is 2. The fraction of sp³-hybridized carbons (Fsp3) is 0.500. The van der Waals surface area contributed by atoms with Gasteiger partial charge in [0.15, 0.2) is 0 Å². The first kappa shape index (κ1) is 14.3. The van der Waals surface area contributed by atoms with E-state index < -0.39 is 0 Å². The van der Waals surface area contributed by atoms with Crippen molar-refractivity contribution >= 4 is 0 Å². The lowest BCUT2D eigenvalue weighted by Gasteiger charge is -2.07. The molecule has 1 aromatic carbocycles. The molecule has 1 fully saturated rings. The van der Waals surface area contributed by atoms with Gasteiger partial charge < -0.3 is 5.32 Å². The van der Waals surface area contributed by atoms with Crippen molar-refractivity contribution in [3.63, 3.8) is 0 Å². The van der Waals surface area contributed by atoms with Crippen LogP contribution in [0, 0.1) is 20.8 Å². The predicted octanol–water partition coefficient (Wildman–Crippen LogP) is 3.15. The topological polar surface area (TPSA) is 29.9 Å². The van der Waals surface area contributed by atoms with Crippen molar-refractivity contribution in [2.45, 2.75) is 52.6 Å². The minimum atomic E-state index is 0.804. The van der Waals surface area contributed by atoms with Crippen LogP contribution >= 0.6 is 0 Å². The Labute approximate surface area is 127 Å². The highest BCUT2D eigenvalue weighted by atomic mass is 15.3. The van der Waals surface area contributed by atoms with Crippen LogP contribution in [0.1, 0.15) is 40.9 Å². The molecule has 21 heavy (non-hydrogen) atoms. The van der Waals surface area contributed by atoms with Crippen molar-refractivity contribution in [2.24, 2.45) is 0 Å². The van der Waals surface area contributed by atoms with Crippen molar-refractivity contribution in [1.82, 2.24) is 15.1 Å². The second-order valence-electron chi connectivity index (χ2n) is 6.25. The Balaban J connectivity index is 1.59. The lowest BCUT2D eigenvalue weighted by Crippen LogP contribution is -2.19. The minimum absolute atomic E-state index is 0.804. The van der Waals surface area contributed by atoms with Gasteiger partial charge in [0, 0.05) is 11.7 Å². The zero-order chi connectivity index (χ0) is 14.8. The van der Waals surface area contributed by atoms with E-state index in [4.69, 9.17) is 0 Å². The molecule has 0 amide bonds. The van der Waals surface area contributed by atoms with E-state index in [-0.39, 0.29) is 0 Å². The van der Waals surface area contributed by atoms with E-state index in [1.807, 2.05) is 0 Å². The van der Waals surface area contributed by atoms with Crippen molar-refractivity contribution in [3.8, 4) is 0 Å². The van der Waals surface area contributed by atoms with Gasteiger partial charge in [0.05, 0.1) is 12.2 Å². The van der Waals surface area contributed by atoms with Crippen molar-refractivity contribution < 1.29 is 0 Å². The Morgan fingerprint density at radius 3 is 2.33 bits per heavy atom. The number of benzene rings is 1. The number of nitrogens with zero attached hydrogens (tertiary/aromatic N) is 2. The largest absolute Gasteiger partial charge is 0.314 e. The molecule has 112 valence electrons. The van der Waals surface area contributed by atoms with E-state index in [2.05, 4.69) is 60.1 Å². The van der Waals surface area contributed by atoms with Crippen LogP contribution in [0.5, 0.6) is 0 Å². The first-order valence-electron chi connectivity index (χ1n) is 7.95. The van der Waals surface area contributed by atoms with Gasteiger partial charge in [-0.2, -0.15) is 5.10 Å². The Kier molecular flexibility index (Phi) is 4.11. The molecule has 1 saturated carbocycles. The van der Waals surface area contributed by atoms with E-state index in [1.165, 1.54) is 35.2 Å². The predicted molar refractivity (Wildman–Crippen MR) is 86.7 cm³/mol. The molecule has 1 aromatic heterocycles. The molecule has 1 N–H and O–H groups in total. The molecule has 1 aliphatic rings. The Morgan fingerprint density at radius 2 is 1.76 bits per heavy atom. The van der Waals surface area contributed by atoms with Gasteiger partial charge in [0.2, 0.25) is 0 Å². The standard InChI is InChI=1S/C18H25N3/c1-13-14(2)20-21(15(13)3)12-17-6-4-16(5-7-17)10-11-19-18-8-9-18/h4-7,18-19H,8-12H2,1-3H3. The molecule has 2 aromatic rings. The van der Waals surface area contributed by atoms with Gasteiger partial charge in [0.1, 0.15) is 0 Å². The third-order valence-electron chi connectivity index (χ3n) is 4.52. The highest BCUT2D eigenvalue weighted by Gasteiger charge is 2.19. The third-order valence-corrected chi connectivity index (χ3v) is 4.52. The smallest absolute Gasteiger partial charge is 0.0662 e. The van der Waals surface area contributed by atoms with Crippen molar-refractivity contribution in [3.05, 3.63) is 52.3 Å². The summed E-state index contributed by atoms with van der Waals surface area (Å²) in [6.07, 6.45) is 3.85. The first-order chi connectivity index (χ1) is 10.1. The molecule has 1 aliphatic carbocycles. The summed E-state index contributed by atoms with van der Waals surface area (Å²) in [5.41, 5.74) is 6.44. The Bertz CT molecular complexity index is 606. The van der Waals surface area contributed by atoms with Crippen LogP contribution in [0.3, 0.4) is 0 Å². The second kappa shape index (κ2) is 6.02. The van der Waals surface area contributed by atoms with Gasteiger partial charge in [-0.05, 0) is 63.3 Å². The lowest BCUT2D eigenvalue weighted by molar-refractivity contribution is 0.657. The zero-order valence-electron chi connectivity index (χ0n) is 13.3. The second-order valence-corrected chi connectivity index (χ2v) is 6.25. The number of hydrogen-bond donors (Lipinski definition) is 1. The summed E-state index contributed by atoms with van der Waals surface area (Å²) in [5, 5.41) is 8.17. The SMILES string of the molecule is Cc1nn(Cc2ccc(CCNC3CC3)cc2)c(C)c1C. The average Bonchev–Trinajstić information content (AvgIpc) is 3.27.